The van der Waals surface area contributed by atoms with Crippen LogP contribution in [0.25, 0.3) is 0 Å². The maximum absolute atomic E-state index is 13.1. The van der Waals surface area contributed by atoms with Crippen molar-refractivity contribution < 1.29 is 24.4 Å². The summed E-state index contributed by atoms with van der Waals surface area (Å²) >= 11 is 0. The first-order valence-electron chi connectivity index (χ1n) is 9.84. The smallest absolute Gasteiger partial charge is 0.271 e. The van der Waals surface area contributed by atoms with Crippen molar-refractivity contribution in [2.75, 3.05) is 23.9 Å². The van der Waals surface area contributed by atoms with Crippen molar-refractivity contribution in [1.82, 2.24) is 0 Å². The average Bonchev–Trinajstić information content (AvgIpc) is 2.86. The molecule has 13 heteroatoms. The highest BCUT2D eigenvalue weighted by molar-refractivity contribution is 6.10. The van der Waals surface area contributed by atoms with E-state index in [-0.39, 0.29) is 33.9 Å². The minimum Gasteiger partial charge on any atom is -0.311 e. The number of carbonyl (C=O) groups is 2. The van der Waals surface area contributed by atoms with Gasteiger partial charge in [-0.2, -0.15) is 0 Å². The van der Waals surface area contributed by atoms with Crippen LogP contribution in [0.5, 0.6) is 0 Å². The third-order valence-corrected chi connectivity index (χ3v) is 5.09. The molecule has 0 heterocycles. The van der Waals surface area contributed by atoms with Gasteiger partial charge in [0.05, 0.1) is 26.1 Å². The van der Waals surface area contributed by atoms with Gasteiger partial charge in [-0.05, 0) is 18.2 Å². The maximum Gasteiger partial charge on any atom is 0.271 e. The van der Waals surface area contributed by atoms with Crippen LogP contribution in [-0.4, -0.2) is 40.7 Å². The third-order valence-electron chi connectivity index (χ3n) is 5.09. The molecule has 0 aromatic heterocycles. The molecule has 178 valence electrons. The summed E-state index contributed by atoms with van der Waals surface area (Å²) in [5, 5.41) is 33.6. The van der Waals surface area contributed by atoms with E-state index in [0.29, 0.717) is 0 Å². The van der Waals surface area contributed by atoms with Gasteiger partial charge in [-0.3, -0.25) is 39.9 Å². The van der Waals surface area contributed by atoms with Gasteiger partial charge in [-0.15, -0.1) is 0 Å². The van der Waals surface area contributed by atoms with Crippen molar-refractivity contribution >= 4 is 40.3 Å². The normalized spacial score (nSPS) is 10.3. The van der Waals surface area contributed by atoms with Crippen molar-refractivity contribution in [3.8, 4) is 0 Å². The number of nitro groups is 3. The van der Waals surface area contributed by atoms with Crippen LogP contribution in [0.3, 0.4) is 0 Å². The lowest BCUT2D eigenvalue weighted by atomic mass is 10.1. The number of carbonyl (C=O) groups excluding carboxylic acids is 2. The number of nitro benzene ring substituents is 3. The number of rotatable bonds is 7. The molecule has 0 aliphatic heterocycles. The van der Waals surface area contributed by atoms with Crippen LogP contribution in [0.1, 0.15) is 20.7 Å². The molecule has 3 aromatic rings. The summed E-state index contributed by atoms with van der Waals surface area (Å²) in [6, 6.07) is 13.6. The standard InChI is InChI=1S/C22H17N5O8/c1-23(16-5-3-7-18(12-16)25(30)31)21(28)14-9-15(11-20(10-14)27(34)35)22(29)24(2)17-6-4-8-19(13-17)26(32)33/h3-13H,1-2H3. The fourth-order valence-electron chi connectivity index (χ4n) is 3.22. The topological polar surface area (TPSA) is 170 Å². The number of hydrogen-bond donors (Lipinski definition) is 0. The Balaban J connectivity index is 2.00. The lowest BCUT2D eigenvalue weighted by Crippen LogP contribution is -2.28. The van der Waals surface area contributed by atoms with E-state index in [2.05, 4.69) is 0 Å². The summed E-state index contributed by atoms with van der Waals surface area (Å²) in [4.78, 5) is 59.8. The summed E-state index contributed by atoms with van der Waals surface area (Å²) in [6.45, 7) is 0. The van der Waals surface area contributed by atoms with Gasteiger partial charge in [0.25, 0.3) is 28.9 Å². The molecule has 0 aliphatic rings. The van der Waals surface area contributed by atoms with E-state index in [1.54, 1.807) is 0 Å². The molecule has 0 unspecified atom stereocenters. The Hall–Kier alpha value is -5.20. The molecule has 13 nitrogen and oxygen atoms in total. The molecule has 0 atom stereocenters. The maximum atomic E-state index is 13.1. The predicted octanol–water partition coefficient (Wildman–Crippen LogP) is 3.96. The van der Waals surface area contributed by atoms with E-state index in [0.717, 1.165) is 40.1 Å². The predicted molar refractivity (Wildman–Crippen MR) is 125 cm³/mol. The summed E-state index contributed by atoms with van der Waals surface area (Å²) in [5.74, 6) is -1.50. The summed E-state index contributed by atoms with van der Waals surface area (Å²) in [7, 11) is 2.66. The molecule has 2 amide bonds. The fourth-order valence-corrected chi connectivity index (χ4v) is 3.22. The fraction of sp³-hybridized carbons (Fsp3) is 0.0909. The lowest BCUT2D eigenvalue weighted by Gasteiger charge is -2.19. The molecule has 0 bridgehead atoms. The zero-order valence-corrected chi connectivity index (χ0v) is 18.4. The Labute approximate surface area is 197 Å². The van der Waals surface area contributed by atoms with Gasteiger partial charge in [0.2, 0.25) is 0 Å². The number of non-ortho nitro benzene ring substituents is 3. The second kappa shape index (κ2) is 9.74. The average molecular weight is 479 g/mol. The SMILES string of the molecule is CN(C(=O)c1cc(C(=O)N(C)c2cccc([N+](=O)[O-])c2)cc([N+](=O)[O-])c1)c1cccc([N+](=O)[O-])c1. The second-order valence-electron chi connectivity index (χ2n) is 7.31. The molecule has 0 radical (unpaired) electrons. The Morgan fingerprint density at radius 2 is 0.971 bits per heavy atom. The molecule has 0 saturated heterocycles. The van der Waals surface area contributed by atoms with E-state index in [9.17, 15) is 39.9 Å². The highest BCUT2D eigenvalue weighted by atomic mass is 16.6. The van der Waals surface area contributed by atoms with E-state index < -0.39 is 32.3 Å². The number of benzene rings is 3. The second-order valence-corrected chi connectivity index (χ2v) is 7.31. The molecule has 0 fully saturated rings. The van der Waals surface area contributed by atoms with Gasteiger partial charge >= 0.3 is 0 Å². The summed E-state index contributed by atoms with van der Waals surface area (Å²) in [6.07, 6.45) is 0. The summed E-state index contributed by atoms with van der Waals surface area (Å²) in [5.41, 5.74) is -1.12. The number of nitrogens with zero attached hydrogens (tertiary/aromatic N) is 5. The van der Waals surface area contributed by atoms with Crippen LogP contribution < -0.4 is 9.80 Å². The van der Waals surface area contributed by atoms with Gasteiger partial charge < -0.3 is 9.80 Å². The zero-order valence-electron chi connectivity index (χ0n) is 18.4. The first-order valence-corrected chi connectivity index (χ1v) is 9.84. The first kappa shape index (κ1) is 24.4. The molecule has 3 aromatic carbocycles. The van der Waals surface area contributed by atoms with Crippen LogP contribution >= 0.6 is 0 Å². The highest BCUT2D eigenvalue weighted by Gasteiger charge is 2.24. The molecule has 0 saturated carbocycles. The minimum atomic E-state index is -0.770. The Bertz CT molecular complexity index is 1280. The quantitative estimate of drug-likeness (QED) is 0.362. The van der Waals surface area contributed by atoms with E-state index in [1.165, 1.54) is 50.5 Å². The number of anilines is 2. The third kappa shape index (κ3) is 5.24. The monoisotopic (exact) mass is 479 g/mol. The van der Waals surface area contributed by atoms with E-state index >= 15 is 0 Å². The molecule has 3 rings (SSSR count). The number of hydrogen-bond acceptors (Lipinski definition) is 8. The van der Waals surface area contributed by atoms with E-state index in [4.69, 9.17) is 0 Å². The highest BCUT2D eigenvalue weighted by Crippen LogP contribution is 2.26. The zero-order chi connectivity index (χ0) is 25.9. The van der Waals surface area contributed by atoms with Crippen molar-refractivity contribution in [3.05, 3.63) is 108 Å². The van der Waals surface area contributed by atoms with Gasteiger partial charge in [-0.1, -0.05) is 12.1 Å². The van der Waals surface area contributed by atoms with Gasteiger partial charge in [0.15, 0.2) is 0 Å². The minimum absolute atomic E-state index is 0.164. The van der Waals surface area contributed by atoms with Crippen LogP contribution in [0, 0.1) is 30.3 Å². The van der Waals surface area contributed by atoms with Crippen molar-refractivity contribution in [2.24, 2.45) is 0 Å². The molecule has 0 aliphatic carbocycles. The summed E-state index contributed by atoms with van der Waals surface area (Å²) < 4.78 is 0. The van der Waals surface area contributed by atoms with Crippen LogP contribution in [-0.2, 0) is 0 Å². The van der Waals surface area contributed by atoms with Crippen LogP contribution in [0.2, 0.25) is 0 Å². The number of amides is 2. The van der Waals surface area contributed by atoms with Gasteiger partial charge in [-0.25, -0.2) is 0 Å². The van der Waals surface area contributed by atoms with Crippen molar-refractivity contribution in [1.29, 1.82) is 0 Å². The van der Waals surface area contributed by atoms with Crippen molar-refractivity contribution in [2.45, 2.75) is 0 Å². The van der Waals surface area contributed by atoms with Gasteiger partial charge in [0, 0.05) is 61.6 Å². The Morgan fingerprint density at radius 1 is 0.600 bits per heavy atom. The van der Waals surface area contributed by atoms with Crippen LogP contribution in [0.15, 0.2) is 66.7 Å². The largest absolute Gasteiger partial charge is 0.311 e. The van der Waals surface area contributed by atoms with E-state index in [1.807, 2.05) is 0 Å². The molecular formula is C22H17N5O8. The molecular weight excluding hydrogens is 462 g/mol. The molecule has 0 spiro atoms. The lowest BCUT2D eigenvalue weighted by molar-refractivity contribution is -0.385. The molecule has 0 N–H and O–H groups in total. The Morgan fingerprint density at radius 3 is 1.31 bits per heavy atom. The van der Waals surface area contributed by atoms with Crippen molar-refractivity contribution in [3.63, 3.8) is 0 Å². The first-order chi connectivity index (χ1) is 16.5. The van der Waals surface area contributed by atoms with Crippen LogP contribution in [0.4, 0.5) is 28.4 Å². The Kier molecular flexibility index (Phi) is 6.80. The van der Waals surface area contributed by atoms with Gasteiger partial charge in [0.1, 0.15) is 0 Å². The molecule has 35 heavy (non-hydrogen) atoms.